The van der Waals surface area contributed by atoms with Crippen LogP contribution >= 0.6 is 12.4 Å². The first kappa shape index (κ1) is 24.5. The lowest BCUT2D eigenvalue weighted by Crippen LogP contribution is -2.41. The minimum Gasteiger partial charge on any atom is -0.484 e. The molecular formula is C22H22ClF3N4O3. The van der Waals surface area contributed by atoms with E-state index in [0.717, 1.165) is 5.56 Å². The highest BCUT2D eigenvalue weighted by Crippen LogP contribution is 2.32. The van der Waals surface area contributed by atoms with Gasteiger partial charge in [-0.25, -0.2) is 4.98 Å². The van der Waals surface area contributed by atoms with Gasteiger partial charge in [0, 0.05) is 43.2 Å². The molecule has 1 aliphatic heterocycles. The molecule has 33 heavy (non-hydrogen) atoms. The summed E-state index contributed by atoms with van der Waals surface area (Å²) in [5.74, 6) is 0.565. The van der Waals surface area contributed by atoms with Gasteiger partial charge in [-0.2, -0.15) is 13.2 Å². The first-order chi connectivity index (χ1) is 15.3. The number of aromatic nitrogens is 3. The van der Waals surface area contributed by atoms with E-state index >= 15 is 0 Å². The molecule has 2 aromatic heterocycles. The van der Waals surface area contributed by atoms with Gasteiger partial charge in [0.15, 0.2) is 6.61 Å². The molecular weight excluding hydrogens is 461 g/mol. The summed E-state index contributed by atoms with van der Waals surface area (Å²) in [6.07, 6.45) is -1.75. The minimum atomic E-state index is -4.44. The molecule has 3 aromatic rings. The fourth-order valence-corrected chi connectivity index (χ4v) is 3.54. The Morgan fingerprint density at radius 1 is 1.18 bits per heavy atom. The van der Waals surface area contributed by atoms with Gasteiger partial charge < -0.3 is 14.4 Å². The Bertz CT molecular complexity index is 1140. The predicted octanol–water partition coefficient (Wildman–Crippen LogP) is 3.78. The zero-order valence-electron chi connectivity index (χ0n) is 17.7. The zero-order chi connectivity index (χ0) is 22.7. The number of morpholine rings is 1. The van der Waals surface area contributed by atoms with Crippen LogP contribution in [0.1, 0.15) is 11.7 Å². The molecule has 11 heteroatoms. The fourth-order valence-electron chi connectivity index (χ4n) is 3.54. The molecule has 7 nitrogen and oxygen atoms in total. The van der Waals surface area contributed by atoms with E-state index in [9.17, 15) is 18.0 Å². The molecule has 1 saturated heterocycles. The van der Waals surface area contributed by atoms with Gasteiger partial charge in [-0.3, -0.25) is 14.3 Å². The number of anilines is 1. The van der Waals surface area contributed by atoms with Crippen LogP contribution < -0.4 is 15.2 Å². The highest BCUT2D eigenvalue weighted by atomic mass is 35.5. The summed E-state index contributed by atoms with van der Waals surface area (Å²) in [5, 5.41) is 0. The Balaban J connectivity index is 0.00000306. The quantitative estimate of drug-likeness (QED) is 0.551. The van der Waals surface area contributed by atoms with E-state index in [4.69, 9.17) is 9.47 Å². The maximum absolute atomic E-state index is 12.6. The molecule has 3 heterocycles. The molecule has 0 saturated carbocycles. The third-order valence-corrected chi connectivity index (χ3v) is 5.09. The Labute approximate surface area is 194 Å². The van der Waals surface area contributed by atoms with Crippen LogP contribution in [0.25, 0.3) is 11.3 Å². The van der Waals surface area contributed by atoms with Crippen molar-refractivity contribution in [3.63, 3.8) is 0 Å². The Kier molecular flexibility index (Phi) is 7.60. The summed E-state index contributed by atoms with van der Waals surface area (Å²) in [4.78, 5) is 23.1. The van der Waals surface area contributed by atoms with E-state index in [0.29, 0.717) is 36.9 Å². The standard InChI is InChI=1S/C22H21F3N4O3.ClH/c1-28-20(30)12-17(15-6-8-26-9-7-15)27-21(28)29-10-11-31-19(13-29)16-4-2-3-5-18(16)32-14-22(23,24)25;/h2-9,12,19H,10-11,13-14H2,1H3;1H. The normalized spacial score (nSPS) is 16.2. The highest BCUT2D eigenvalue weighted by molar-refractivity contribution is 5.85. The summed E-state index contributed by atoms with van der Waals surface area (Å²) in [6, 6.07) is 11.5. The predicted molar refractivity (Wildman–Crippen MR) is 119 cm³/mol. The summed E-state index contributed by atoms with van der Waals surface area (Å²) in [6.45, 7) is -0.299. The van der Waals surface area contributed by atoms with Crippen LogP contribution in [-0.2, 0) is 11.8 Å². The van der Waals surface area contributed by atoms with Crippen molar-refractivity contribution in [3.05, 3.63) is 70.8 Å². The molecule has 0 radical (unpaired) electrons. The number of para-hydroxylation sites is 1. The number of rotatable bonds is 5. The number of hydrogen-bond acceptors (Lipinski definition) is 6. The van der Waals surface area contributed by atoms with Crippen LogP contribution in [-0.4, -0.2) is 47.0 Å². The lowest BCUT2D eigenvalue weighted by molar-refractivity contribution is -0.153. The largest absolute Gasteiger partial charge is 0.484 e. The summed E-state index contributed by atoms with van der Waals surface area (Å²) >= 11 is 0. The SMILES string of the molecule is Cl.Cn1c(N2CCOC(c3ccccc3OCC(F)(F)F)C2)nc(-c2ccncc2)cc1=O. The van der Waals surface area contributed by atoms with Crippen molar-refractivity contribution in [2.75, 3.05) is 31.2 Å². The van der Waals surface area contributed by atoms with Gasteiger partial charge in [-0.05, 0) is 18.2 Å². The van der Waals surface area contributed by atoms with Gasteiger partial charge in [0.05, 0.1) is 18.8 Å². The topological polar surface area (TPSA) is 69.5 Å². The number of benzene rings is 1. The number of nitrogens with zero attached hydrogens (tertiary/aromatic N) is 4. The van der Waals surface area contributed by atoms with Crippen LogP contribution in [0.4, 0.5) is 19.1 Å². The second-order valence-electron chi connectivity index (χ2n) is 7.32. The van der Waals surface area contributed by atoms with Crippen LogP contribution in [0.15, 0.2) is 59.7 Å². The van der Waals surface area contributed by atoms with E-state index in [2.05, 4.69) is 9.97 Å². The fraction of sp³-hybridized carbons (Fsp3) is 0.318. The molecule has 1 aromatic carbocycles. The Morgan fingerprint density at radius 2 is 1.91 bits per heavy atom. The van der Waals surface area contributed by atoms with Crippen molar-refractivity contribution in [3.8, 4) is 17.0 Å². The first-order valence-electron chi connectivity index (χ1n) is 9.95. The second kappa shape index (κ2) is 10.2. The molecule has 1 unspecified atom stereocenters. The van der Waals surface area contributed by atoms with Crippen molar-refractivity contribution in [2.24, 2.45) is 7.05 Å². The van der Waals surface area contributed by atoms with E-state index in [-0.39, 0.29) is 23.7 Å². The molecule has 4 rings (SSSR count). The van der Waals surface area contributed by atoms with Crippen LogP contribution in [0.2, 0.25) is 0 Å². The third kappa shape index (κ3) is 5.82. The minimum absolute atomic E-state index is 0. The second-order valence-corrected chi connectivity index (χ2v) is 7.32. The van der Waals surface area contributed by atoms with Crippen molar-refractivity contribution >= 4 is 18.4 Å². The third-order valence-electron chi connectivity index (χ3n) is 5.09. The number of pyridine rings is 1. The average Bonchev–Trinajstić information content (AvgIpc) is 2.80. The van der Waals surface area contributed by atoms with E-state index in [1.165, 1.54) is 16.7 Å². The number of alkyl halides is 3. The van der Waals surface area contributed by atoms with E-state index < -0.39 is 18.9 Å². The lowest BCUT2D eigenvalue weighted by Gasteiger charge is -2.35. The monoisotopic (exact) mass is 482 g/mol. The van der Waals surface area contributed by atoms with Gasteiger partial charge in [0.1, 0.15) is 11.9 Å². The van der Waals surface area contributed by atoms with Crippen molar-refractivity contribution < 1.29 is 22.6 Å². The van der Waals surface area contributed by atoms with E-state index in [1.807, 2.05) is 4.90 Å². The first-order valence-corrected chi connectivity index (χ1v) is 9.95. The molecule has 1 atom stereocenters. The molecule has 0 N–H and O–H groups in total. The van der Waals surface area contributed by atoms with Gasteiger partial charge in [-0.15, -0.1) is 12.4 Å². The van der Waals surface area contributed by atoms with Crippen LogP contribution in [0, 0.1) is 0 Å². The van der Waals surface area contributed by atoms with Crippen molar-refractivity contribution in [2.45, 2.75) is 12.3 Å². The molecule has 0 spiro atoms. The Hall–Kier alpha value is -3.11. The van der Waals surface area contributed by atoms with Gasteiger partial charge >= 0.3 is 6.18 Å². The molecule has 1 fully saturated rings. The van der Waals surface area contributed by atoms with Crippen molar-refractivity contribution in [1.29, 1.82) is 0 Å². The van der Waals surface area contributed by atoms with Crippen LogP contribution in [0.5, 0.6) is 5.75 Å². The number of halogens is 4. The maximum Gasteiger partial charge on any atom is 0.422 e. The smallest absolute Gasteiger partial charge is 0.422 e. The summed E-state index contributed by atoms with van der Waals surface area (Å²) in [7, 11) is 1.63. The van der Waals surface area contributed by atoms with Gasteiger partial charge in [0.2, 0.25) is 5.95 Å². The maximum atomic E-state index is 12.6. The molecule has 176 valence electrons. The van der Waals surface area contributed by atoms with Gasteiger partial charge in [0.25, 0.3) is 5.56 Å². The molecule has 0 aliphatic carbocycles. The lowest BCUT2D eigenvalue weighted by atomic mass is 10.1. The van der Waals surface area contributed by atoms with E-state index in [1.54, 1.807) is 49.8 Å². The molecule has 0 amide bonds. The highest BCUT2D eigenvalue weighted by Gasteiger charge is 2.31. The summed E-state index contributed by atoms with van der Waals surface area (Å²) < 4.78 is 50.3. The van der Waals surface area contributed by atoms with Crippen molar-refractivity contribution in [1.82, 2.24) is 14.5 Å². The Morgan fingerprint density at radius 3 is 2.64 bits per heavy atom. The zero-order valence-corrected chi connectivity index (χ0v) is 18.5. The average molecular weight is 483 g/mol. The van der Waals surface area contributed by atoms with Crippen LogP contribution in [0.3, 0.4) is 0 Å². The van der Waals surface area contributed by atoms with Gasteiger partial charge in [-0.1, -0.05) is 18.2 Å². The molecule has 0 bridgehead atoms. The number of ether oxygens (including phenoxy) is 2. The summed E-state index contributed by atoms with van der Waals surface area (Å²) in [5.41, 5.74) is 1.56. The molecule has 1 aliphatic rings. The number of hydrogen-bond donors (Lipinski definition) is 0.